The van der Waals surface area contributed by atoms with Crippen molar-refractivity contribution < 1.29 is 22.7 Å². The number of rotatable bonds is 6. The number of methoxy groups -OCH3 is 1. The van der Waals surface area contributed by atoms with Gasteiger partial charge < -0.3 is 14.8 Å². The molecule has 0 saturated heterocycles. The van der Waals surface area contributed by atoms with Gasteiger partial charge in [-0.25, -0.2) is 8.42 Å². The van der Waals surface area contributed by atoms with Crippen LogP contribution in [0.1, 0.15) is 26.3 Å². The van der Waals surface area contributed by atoms with Crippen LogP contribution in [0.3, 0.4) is 0 Å². The van der Waals surface area contributed by atoms with Gasteiger partial charge in [0.25, 0.3) is 15.9 Å². The van der Waals surface area contributed by atoms with E-state index in [1.54, 1.807) is 24.3 Å². The van der Waals surface area contributed by atoms with Crippen molar-refractivity contribution in [2.24, 2.45) is 5.92 Å². The first-order chi connectivity index (χ1) is 14.1. The standard InChI is InChI=1S/C22H28N2O5S/c1-14(2)16(4)23-22(25)21-13-24(19-12-15(3)6-11-20(19)29-21)30(26,27)18-9-7-17(28-5)8-10-18/h6-12,14,16,21H,13H2,1-5H3,(H,23,25)/t16-,21+/m0/s1. The predicted molar refractivity (Wildman–Crippen MR) is 116 cm³/mol. The molecule has 1 aliphatic heterocycles. The van der Waals surface area contributed by atoms with E-state index >= 15 is 0 Å². The van der Waals surface area contributed by atoms with Crippen molar-refractivity contribution in [1.29, 1.82) is 0 Å². The van der Waals surface area contributed by atoms with Crippen LogP contribution in [-0.2, 0) is 14.8 Å². The number of anilines is 1. The topological polar surface area (TPSA) is 84.9 Å². The van der Waals surface area contributed by atoms with Crippen molar-refractivity contribution in [2.45, 2.75) is 44.7 Å². The van der Waals surface area contributed by atoms with Crippen LogP contribution < -0.4 is 19.1 Å². The predicted octanol–water partition coefficient (Wildman–Crippen LogP) is 3.12. The summed E-state index contributed by atoms with van der Waals surface area (Å²) >= 11 is 0. The van der Waals surface area contributed by atoms with E-state index in [1.807, 2.05) is 33.8 Å². The molecule has 0 aromatic heterocycles. The van der Waals surface area contributed by atoms with Gasteiger partial charge in [0, 0.05) is 6.04 Å². The number of amides is 1. The maximum Gasteiger partial charge on any atom is 0.264 e. The minimum absolute atomic E-state index is 0.0628. The van der Waals surface area contributed by atoms with Gasteiger partial charge in [0.05, 0.1) is 24.2 Å². The fourth-order valence-electron chi connectivity index (χ4n) is 3.08. The summed E-state index contributed by atoms with van der Waals surface area (Å²) in [7, 11) is -2.39. The van der Waals surface area contributed by atoms with E-state index in [4.69, 9.17) is 9.47 Å². The van der Waals surface area contributed by atoms with Gasteiger partial charge in [0.1, 0.15) is 11.5 Å². The number of carbonyl (C=O) groups is 1. The van der Waals surface area contributed by atoms with E-state index in [9.17, 15) is 13.2 Å². The van der Waals surface area contributed by atoms with Crippen molar-refractivity contribution >= 4 is 21.6 Å². The van der Waals surface area contributed by atoms with Crippen molar-refractivity contribution in [2.75, 3.05) is 18.0 Å². The van der Waals surface area contributed by atoms with E-state index in [-0.39, 0.29) is 29.3 Å². The van der Waals surface area contributed by atoms with E-state index in [1.165, 1.54) is 23.5 Å². The van der Waals surface area contributed by atoms with Gasteiger partial charge >= 0.3 is 0 Å². The average Bonchev–Trinajstić information content (AvgIpc) is 2.72. The molecule has 1 amide bonds. The zero-order valence-electron chi connectivity index (χ0n) is 17.9. The summed E-state index contributed by atoms with van der Waals surface area (Å²) in [6.45, 7) is 7.69. The Balaban J connectivity index is 1.99. The molecule has 3 rings (SSSR count). The molecule has 1 N–H and O–H groups in total. The van der Waals surface area contributed by atoms with Crippen LogP contribution in [0.5, 0.6) is 11.5 Å². The zero-order valence-corrected chi connectivity index (χ0v) is 18.7. The second-order valence-corrected chi connectivity index (χ2v) is 9.69. The zero-order chi connectivity index (χ0) is 22.1. The number of hydrogen-bond donors (Lipinski definition) is 1. The number of hydrogen-bond acceptors (Lipinski definition) is 5. The van der Waals surface area contributed by atoms with E-state index in [0.29, 0.717) is 17.2 Å². The molecule has 2 aromatic rings. The third-order valence-corrected chi connectivity index (χ3v) is 7.09. The molecule has 1 aliphatic rings. The Bertz CT molecular complexity index is 1020. The number of nitrogens with one attached hydrogen (secondary N) is 1. The fraction of sp³-hybridized carbons (Fsp3) is 0.409. The molecule has 0 fully saturated rings. The lowest BCUT2D eigenvalue weighted by molar-refractivity contribution is -0.128. The van der Waals surface area contributed by atoms with Gasteiger partial charge in [-0.2, -0.15) is 0 Å². The normalized spacial score (nSPS) is 17.1. The van der Waals surface area contributed by atoms with Crippen LogP contribution in [0.4, 0.5) is 5.69 Å². The largest absolute Gasteiger partial charge is 0.497 e. The molecule has 0 saturated carbocycles. The van der Waals surface area contributed by atoms with Gasteiger partial charge in [-0.3, -0.25) is 9.10 Å². The first-order valence-electron chi connectivity index (χ1n) is 9.88. The number of carbonyl (C=O) groups excluding carboxylic acids is 1. The summed E-state index contributed by atoms with van der Waals surface area (Å²) in [5.74, 6) is 0.831. The van der Waals surface area contributed by atoms with Gasteiger partial charge in [-0.05, 0) is 61.7 Å². The van der Waals surface area contributed by atoms with Crippen molar-refractivity contribution in [3.8, 4) is 11.5 Å². The molecule has 0 unspecified atom stereocenters. The van der Waals surface area contributed by atoms with Crippen molar-refractivity contribution in [3.63, 3.8) is 0 Å². The van der Waals surface area contributed by atoms with Crippen LogP contribution in [0.2, 0.25) is 0 Å². The maximum atomic E-state index is 13.5. The van der Waals surface area contributed by atoms with Crippen LogP contribution in [0.25, 0.3) is 0 Å². The van der Waals surface area contributed by atoms with Crippen molar-refractivity contribution in [1.82, 2.24) is 5.32 Å². The summed E-state index contributed by atoms with van der Waals surface area (Å²) in [5.41, 5.74) is 1.32. The Kier molecular flexibility index (Phi) is 6.26. The Morgan fingerprint density at radius 1 is 1.17 bits per heavy atom. The Morgan fingerprint density at radius 3 is 2.43 bits per heavy atom. The number of aryl methyl sites for hydroxylation is 1. The fourth-order valence-corrected chi connectivity index (χ4v) is 4.55. The molecule has 30 heavy (non-hydrogen) atoms. The lowest BCUT2D eigenvalue weighted by Gasteiger charge is -2.35. The molecule has 2 atom stereocenters. The molecule has 1 heterocycles. The molecule has 162 valence electrons. The summed E-state index contributed by atoms with van der Waals surface area (Å²) in [4.78, 5) is 12.9. The molecule has 0 radical (unpaired) electrons. The van der Waals surface area contributed by atoms with Gasteiger partial charge in [-0.15, -0.1) is 0 Å². The Hall–Kier alpha value is -2.74. The highest BCUT2D eigenvalue weighted by Gasteiger charge is 2.38. The van der Waals surface area contributed by atoms with Crippen LogP contribution >= 0.6 is 0 Å². The number of sulfonamides is 1. The molecular weight excluding hydrogens is 404 g/mol. The first-order valence-corrected chi connectivity index (χ1v) is 11.3. The quantitative estimate of drug-likeness (QED) is 0.758. The molecule has 8 heteroatoms. The summed E-state index contributed by atoms with van der Waals surface area (Å²) in [5, 5.41) is 2.92. The van der Waals surface area contributed by atoms with Crippen LogP contribution in [0.15, 0.2) is 47.4 Å². The highest BCUT2D eigenvalue weighted by molar-refractivity contribution is 7.92. The smallest absolute Gasteiger partial charge is 0.264 e. The summed E-state index contributed by atoms with van der Waals surface area (Å²) < 4.78 is 39.2. The molecule has 0 spiro atoms. The SMILES string of the molecule is COc1ccc(S(=O)(=O)N2C[C@H](C(=O)N[C@@H](C)C(C)C)Oc3ccc(C)cc32)cc1. The van der Waals surface area contributed by atoms with Gasteiger partial charge in [0.2, 0.25) is 0 Å². The number of fused-ring (bicyclic) bond motifs is 1. The molecular formula is C22H28N2O5S. The average molecular weight is 433 g/mol. The highest BCUT2D eigenvalue weighted by Crippen LogP contribution is 2.38. The molecule has 0 aliphatic carbocycles. The van der Waals surface area contributed by atoms with Crippen LogP contribution in [-0.4, -0.2) is 40.1 Å². The molecule has 7 nitrogen and oxygen atoms in total. The first kappa shape index (κ1) is 22.0. The Morgan fingerprint density at radius 2 is 1.83 bits per heavy atom. The minimum Gasteiger partial charge on any atom is -0.497 e. The number of nitrogens with zero attached hydrogens (tertiary/aromatic N) is 1. The minimum atomic E-state index is -3.91. The van der Waals surface area contributed by atoms with Crippen molar-refractivity contribution in [3.05, 3.63) is 48.0 Å². The second-order valence-electron chi connectivity index (χ2n) is 7.83. The highest BCUT2D eigenvalue weighted by atomic mass is 32.2. The summed E-state index contributed by atoms with van der Waals surface area (Å²) in [6.07, 6.45) is -0.950. The molecule has 0 bridgehead atoms. The van der Waals surface area contributed by atoms with E-state index in [2.05, 4.69) is 5.32 Å². The second kappa shape index (κ2) is 8.55. The number of benzene rings is 2. The van der Waals surface area contributed by atoms with Gasteiger partial charge in [-0.1, -0.05) is 19.9 Å². The van der Waals surface area contributed by atoms with Crippen LogP contribution in [0, 0.1) is 12.8 Å². The molecule has 2 aromatic carbocycles. The van der Waals surface area contributed by atoms with E-state index in [0.717, 1.165) is 5.56 Å². The van der Waals surface area contributed by atoms with Gasteiger partial charge in [0.15, 0.2) is 6.10 Å². The summed E-state index contributed by atoms with van der Waals surface area (Å²) in [6, 6.07) is 11.4. The van der Waals surface area contributed by atoms with E-state index < -0.39 is 16.1 Å². The monoisotopic (exact) mass is 432 g/mol. The Labute approximate surface area is 178 Å². The lowest BCUT2D eigenvalue weighted by atomic mass is 10.1. The third kappa shape index (κ3) is 4.38. The third-order valence-electron chi connectivity index (χ3n) is 5.29. The lowest BCUT2D eigenvalue weighted by Crippen LogP contribution is -2.52. The maximum absolute atomic E-state index is 13.5. The number of ether oxygens (including phenoxy) is 2.